The second-order valence-electron chi connectivity index (χ2n) is 6.05. The van der Waals surface area contributed by atoms with E-state index in [9.17, 15) is 4.79 Å². The lowest BCUT2D eigenvalue weighted by atomic mass is 10.3. The predicted molar refractivity (Wildman–Crippen MR) is 121 cm³/mol. The van der Waals surface area contributed by atoms with Crippen LogP contribution in [0.15, 0.2) is 84.2 Å². The highest BCUT2D eigenvalue weighted by atomic mass is 32.1. The number of thiophene rings is 1. The van der Waals surface area contributed by atoms with Gasteiger partial charge in [0.25, 0.3) is 5.91 Å². The van der Waals surface area contributed by atoms with Gasteiger partial charge < -0.3 is 10.6 Å². The minimum atomic E-state index is -0.260. The van der Waals surface area contributed by atoms with Gasteiger partial charge in [0.2, 0.25) is 5.11 Å². The van der Waals surface area contributed by atoms with Gasteiger partial charge in [-0.05, 0) is 47.9 Å². The summed E-state index contributed by atoms with van der Waals surface area (Å²) in [5.41, 5.74) is 1.78. The molecule has 2 heterocycles. The van der Waals surface area contributed by atoms with E-state index in [4.69, 9.17) is 12.2 Å². The molecule has 144 valence electrons. The van der Waals surface area contributed by atoms with Gasteiger partial charge in [0, 0.05) is 17.4 Å². The molecule has 2 aromatic carbocycles. The van der Waals surface area contributed by atoms with Gasteiger partial charge in [0.15, 0.2) is 5.82 Å². The lowest BCUT2D eigenvalue weighted by Gasteiger charge is -2.11. The minimum Gasteiger partial charge on any atom is -0.340 e. The number of anilines is 4. The number of para-hydroxylation sites is 2. The van der Waals surface area contributed by atoms with E-state index in [0.29, 0.717) is 16.5 Å². The molecule has 6 nitrogen and oxygen atoms in total. The normalized spacial score (nSPS) is 10.3. The zero-order valence-corrected chi connectivity index (χ0v) is 16.8. The van der Waals surface area contributed by atoms with Gasteiger partial charge in [0.05, 0.1) is 4.88 Å². The van der Waals surface area contributed by atoms with Gasteiger partial charge in [-0.2, -0.15) is 4.68 Å². The molecule has 0 unspecified atom stereocenters. The van der Waals surface area contributed by atoms with E-state index in [2.05, 4.69) is 21.0 Å². The van der Waals surface area contributed by atoms with Crippen molar-refractivity contribution < 1.29 is 4.79 Å². The highest BCUT2D eigenvalue weighted by Crippen LogP contribution is 2.23. The summed E-state index contributed by atoms with van der Waals surface area (Å²) in [6.07, 6.45) is 0. The molecule has 1 amide bonds. The van der Waals surface area contributed by atoms with E-state index in [-0.39, 0.29) is 11.0 Å². The summed E-state index contributed by atoms with van der Waals surface area (Å²) in [5, 5.41) is 15.8. The molecule has 0 aliphatic heterocycles. The summed E-state index contributed by atoms with van der Waals surface area (Å²) in [6, 6.07) is 24.8. The van der Waals surface area contributed by atoms with Crippen molar-refractivity contribution in [3.05, 3.63) is 89.1 Å². The monoisotopic (exact) mass is 419 g/mol. The standard InChI is InChI=1S/C21H17N5OS2/c27-20(17-12-7-13-29-17)24-21(28)26-19(23-16-10-5-2-6-11-16)14-18(25-26)22-15-8-3-1-4-9-15/h1-14,23H,(H,22,25)(H,24,27,28). The van der Waals surface area contributed by atoms with Crippen LogP contribution in [0, 0.1) is 0 Å². The Hall–Kier alpha value is -3.49. The molecule has 0 radical (unpaired) electrons. The number of hydrogen-bond donors (Lipinski definition) is 3. The third-order valence-electron chi connectivity index (χ3n) is 3.96. The van der Waals surface area contributed by atoms with Crippen LogP contribution in [-0.4, -0.2) is 20.8 Å². The van der Waals surface area contributed by atoms with Crippen molar-refractivity contribution in [3.8, 4) is 0 Å². The molecule has 3 N–H and O–H groups in total. The third-order valence-corrected chi connectivity index (χ3v) is 5.10. The molecule has 0 saturated heterocycles. The summed E-state index contributed by atoms with van der Waals surface area (Å²) < 4.78 is 1.50. The van der Waals surface area contributed by atoms with Crippen LogP contribution in [0.4, 0.5) is 23.0 Å². The summed E-state index contributed by atoms with van der Waals surface area (Å²) >= 11 is 6.81. The minimum absolute atomic E-state index is 0.183. The van der Waals surface area contributed by atoms with E-state index < -0.39 is 0 Å². The van der Waals surface area contributed by atoms with Crippen molar-refractivity contribution in [2.75, 3.05) is 10.6 Å². The molecule has 0 fully saturated rings. The highest BCUT2D eigenvalue weighted by Gasteiger charge is 2.16. The van der Waals surface area contributed by atoms with Crippen molar-refractivity contribution >= 4 is 57.6 Å². The molecule has 29 heavy (non-hydrogen) atoms. The molecule has 8 heteroatoms. The number of benzene rings is 2. The molecular formula is C21H17N5OS2. The first kappa shape index (κ1) is 18.9. The lowest BCUT2D eigenvalue weighted by Crippen LogP contribution is -2.34. The first-order chi connectivity index (χ1) is 14.2. The van der Waals surface area contributed by atoms with Crippen molar-refractivity contribution in [3.63, 3.8) is 0 Å². The quantitative estimate of drug-likeness (QED) is 0.397. The Kier molecular flexibility index (Phi) is 5.64. The van der Waals surface area contributed by atoms with Gasteiger partial charge in [-0.25, -0.2) is 0 Å². The van der Waals surface area contributed by atoms with Gasteiger partial charge in [-0.3, -0.25) is 10.1 Å². The van der Waals surface area contributed by atoms with Gasteiger partial charge in [-0.15, -0.1) is 16.4 Å². The average molecular weight is 420 g/mol. The van der Waals surface area contributed by atoms with Crippen LogP contribution in [0.25, 0.3) is 0 Å². The largest absolute Gasteiger partial charge is 0.340 e. The van der Waals surface area contributed by atoms with E-state index in [0.717, 1.165) is 11.4 Å². The topological polar surface area (TPSA) is 71.0 Å². The second-order valence-corrected chi connectivity index (χ2v) is 7.38. The Labute approximate surface area is 177 Å². The fraction of sp³-hybridized carbons (Fsp3) is 0. The Morgan fingerprint density at radius 1 is 0.897 bits per heavy atom. The number of nitrogens with one attached hydrogen (secondary N) is 3. The highest BCUT2D eigenvalue weighted by molar-refractivity contribution is 7.80. The molecule has 0 bridgehead atoms. The van der Waals surface area contributed by atoms with Gasteiger partial charge in [0.1, 0.15) is 5.82 Å². The number of carbonyl (C=O) groups excluding carboxylic acids is 1. The number of carbonyl (C=O) groups is 1. The SMILES string of the molecule is O=C(NC(=S)n1nc(Nc2ccccc2)cc1Nc1ccccc1)c1cccs1. The van der Waals surface area contributed by atoms with E-state index in [1.54, 1.807) is 6.07 Å². The lowest BCUT2D eigenvalue weighted by molar-refractivity contribution is 0.0980. The Morgan fingerprint density at radius 3 is 2.17 bits per heavy atom. The third kappa shape index (κ3) is 4.68. The maximum atomic E-state index is 12.4. The summed E-state index contributed by atoms with van der Waals surface area (Å²) in [4.78, 5) is 13.0. The fourth-order valence-electron chi connectivity index (χ4n) is 2.64. The fourth-order valence-corrected chi connectivity index (χ4v) is 3.50. The van der Waals surface area contributed by atoms with Crippen LogP contribution in [0.5, 0.6) is 0 Å². The van der Waals surface area contributed by atoms with Gasteiger partial charge >= 0.3 is 0 Å². The zero-order valence-electron chi connectivity index (χ0n) is 15.2. The molecule has 4 rings (SSSR count). The van der Waals surface area contributed by atoms with Crippen LogP contribution >= 0.6 is 23.6 Å². The molecule has 0 aliphatic rings. The molecule has 2 aromatic heterocycles. The number of rotatable bonds is 5. The number of amides is 1. The second kappa shape index (κ2) is 8.68. The average Bonchev–Trinajstić information content (AvgIpc) is 3.40. The van der Waals surface area contributed by atoms with E-state index in [1.807, 2.05) is 78.2 Å². The number of hydrogen-bond acceptors (Lipinski definition) is 6. The molecule has 0 spiro atoms. The van der Waals surface area contributed by atoms with Crippen molar-refractivity contribution in [1.82, 2.24) is 15.1 Å². The van der Waals surface area contributed by atoms with Crippen molar-refractivity contribution in [2.45, 2.75) is 0 Å². The van der Waals surface area contributed by atoms with E-state index in [1.165, 1.54) is 16.0 Å². The Bertz CT molecular complexity index is 1110. The first-order valence-corrected chi connectivity index (χ1v) is 10.1. The van der Waals surface area contributed by atoms with Crippen LogP contribution in [0.1, 0.15) is 9.67 Å². The zero-order chi connectivity index (χ0) is 20.1. The first-order valence-electron chi connectivity index (χ1n) is 8.82. The van der Waals surface area contributed by atoms with Crippen LogP contribution in [-0.2, 0) is 0 Å². The summed E-state index contributed by atoms with van der Waals surface area (Å²) in [6.45, 7) is 0. The van der Waals surface area contributed by atoms with Crippen LogP contribution in [0.2, 0.25) is 0 Å². The van der Waals surface area contributed by atoms with Crippen molar-refractivity contribution in [2.24, 2.45) is 0 Å². The maximum Gasteiger partial charge on any atom is 0.267 e. The van der Waals surface area contributed by atoms with Crippen LogP contribution in [0.3, 0.4) is 0 Å². The summed E-state index contributed by atoms with van der Waals surface area (Å²) in [5.74, 6) is 0.970. The van der Waals surface area contributed by atoms with E-state index >= 15 is 0 Å². The molecule has 4 aromatic rings. The number of thiocarbonyl (C=S) groups is 1. The molecule has 0 atom stereocenters. The number of nitrogens with zero attached hydrogens (tertiary/aromatic N) is 2. The number of aromatic nitrogens is 2. The molecule has 0 aliphatic carbocycles. The predicted octanol–water partition coefficient (Wildman–Crippen LogP) is 4.99. The van der Waals surface area contributed by atoms with Gasteiger partial charge in [-0.1, -0.05) is 42.5 Å². The smallest absolute Gasteiger partial charge is 0.267 e. The molecule has 0 saturated carbocycles. The summed E-state index contributed by atoms with van der Waals surface area (Å²) in [7, 11) is 0. The Balaban J connectivity index is 1.60. The van der Waals surface area contributed by atoms with Crippen molar-refractivity contribution in [1.29, 1.82) is 0 Å². The van der Waals surface area contributed by atoms with Crippen LogP contribution < -0.4 is 16.0 Å². The Morgan fingerprint density at radius 2 is 1.55 bits per heavy atom. The molecular weight excluding hydrogens is 402 g/mol. The maximum absolute atomic E-state index is 12.4.